The molecule has 4 heteroatoms. The molecule has 1 aromatic rings. The van der Waals surface area contributed by atoms with E-state index in [-0.39, 0.29) is 11.2 Å². The predicted octanol–water partition coefficient (Wildman–Crippen LogP) is 2.41. The lowest BCUT2D eigenvalue weighted by Crippen LogP contribution is -2.33. The fourth-order valence-corrected chi connectivity index (χ4v) is 4.13. The average molecular weight is 269 g/mol. The van der Waals surface area contributed by atoms with E-state index < -0.39 is 15.1 Å². The summed E-state index contributed by atoms with van der Waals surface area (Å²) >= 11 is 0. The van der Waals surface area contributed by atoms with Crippen LogP contribution in [0, 0.1) is 5.92 Å². The molecule has 0 saturated carbocycles. The Hall–Kier alpha value is -0.870. The second-order valence-corrected chi connectivity index (χ2v) is 7.49. The Morgan fingerprint density at radius 1 is 1.11 bits per heavy atom. The summed E-state index contributed by atoms with van der Waals surface area (Å²) in [5, 5.41) is 2.18. The molecule has 2 unspecified atom stereocenters. The van der Waals surface area contributed by atoms with Crippen LogP contribution in [0.3, 0.4) is 0 Å². The standard InChI is InChI=1S/C14H23NO2S/c1-11(2)12(3)18(16,17)14(10-15-4)13-8-6-5-7-9-13/h5-9,11-12,14-15H,10H2,1-4H3. The van der Waals surface area contributed by atoms with Crippen molar-refractivity contribution in [2.45, 2.75) is 31.3 Å². The van der Waals surface area contributed by atoms with Gasteiger partial charge in [-0.15, -0.1) is 0 Å². The molecule has 0 bridgehead atoms. The van der Waals surface area contributed by atoms with Gasteiger partial charge in [0, 0.05) is 6.54 Å². The molecule has 18 heavy (non-hydrogen) atoms. The molecule has 1 N–H and O–H groups in total. The van der Waals surface area contributed by atoms with E-state index in [0.29, 0.717) is 6.54 Å². The van der Waals surface area contributed by atoms with Crippen molar-refractivity contribution >= 4 is 9.84 Å². The van der Waals surface area contributed by atoms with Gasteiger partial charge in [0.2, 0.25) is 0 Å². The van der Waals surface area contributed by atoms with Gasteiger partial charge in [-0.05, 0) is 25.5 Å². The van der Waals surface area contributed by atoms with Gasteiger partial charge in [-0.1, -0.05) is 44.2 Å². The minimum Gasteiger partial charge on any atom is -0.318 e. The van der Waals surface area contributed by atoms with Crippen LogP contribution in [0.2, 0.25) is 0 Å². The van der Waals surface area contributed by atoms with Gasteiger partial charge in [-0.2, -0.15) is 0 Å². The van der Waals surface area contributed by atoms with E-state index in [2.05, 4.69) is 5.32 Å². The number of rotatable bonds is 6. The van der Waals surface area contributed by atoms with E-state index in [1.165, 1.54) is 0 Å². The lowest BCUT2D eigenvalue weighted by atomic mass is 10.1. The van der Waals surface area contributed by atoms with Crippen molar-refractivity contribution in [2.75, 3.05) is 13.6 Å². The third kappa shape index (κ3) is 3.33. The summed E-state index contributed by atoms with van der Waals surface area (Å²) in [7, 11) is -1.39. The summed E-state index contributed by atoms with van der Waals surface area (Å²) in [6, 6.07) is 9.43. The normalized spacial score (nSPS) is 15.6. The Morgan fingerprint density at radius 2 is 1.67 bits per heavy atom. The van der Waals surface area contributed by atoms with Gasteiger partial charge in [0.25, 0.3) is 0 Å². The van der Waals surface area contributed by atoms with Crippen molar-refractivity contribution in [2.24, 2.45) is 5.92 Å². The number of nitrogens with one attached hydrogen (secondary N) is 1. The van der Waals surface area contributed by atoms with E-state index in [4.69, 9.17) is 0 Å². The van der Waals surface area contributed by atoms with Crippen LogP contribution in [-0.4, -0.2) is 27.3 Å². The van der Waals surface area contributed by atoms with Crippen molar-refractivity contribution in [3.05, 3.63) is 35.9 Å². The predicted molar refractivity (Wildman–Crippen MR) is 76.3 cm³/mol. The van der Waals surface area contributed by atoms with Crippen LogP contribution in [0.5, 0.6) is 0 Å². The van der Waals surface area contributed by atoms with Crippen LogP contribution >= 0.6 is 0 Å². The fourth-order valence-electron chi connectivity index (χ4n) is 1.92. The summed E-state index contributed by atoms with van der Waals surface area (Å²) in [5.74, 6) is 0.123. The van der Waals surface area contributed by atoms with Gasteiger partial charge in [-0.25, -0.2) is 8.42 Å². The first-order valence-electron chi connectivity index (χ1n) is 6.33. The highest BCUT2D eigenvalue weighted by atomic mass is 32.2. The lowest BCUT2D eigenvalue weighted by Gasteiger charge is -2.24. The summed E-state index contributed by atoms with van der Waals surface area (Å²) in [6.07, 6.45) is 0. The van der Waals surface area contributed by atoms with Gasteiger partial charge >= 0.3 is 0 Å². The van der Waals surface area contributed by atoms with Crippen molar-refractivity contribution in [1.82, 2.24) is 5.32 Å². The highest BCUT2D eigenvalue weighted by Crippen LogP contribution is 2.28. The third-order valence-corrected chi connectivity index (χ3v) is 6.23. The zero-order valence-electron chi connectivity index (χ0n) is 11.6. The molecule has 0 fully saturated rings. The van der Waals surface area contributed by atoms with E-state index in [0.717, 1.165) is 5.56 Å². The highest BCUT2D eigenvalue weighted by Gasteiger charge is 2.33. The minimum absolute atomic E-state index is 0.123. The summed E-state index contributed by atoms with van der Waals surface area (Å²) in [6.45, 7) is 6.14. The van der Waals surface area contributed by atoms with E-state index in [9.17, 15) is 8.42 Å². The van der Waals surface area contributed by atoms with Gasteiger partial charge in [0.15, 0.2) is 9.84 Å². The zero-order chi connectivity index (χ0) is 13.8. The smallest absolute Gasteiger partial charge is 0.161 e. The highest BCUT2D eigenvalue weighted by molar-refractivity contribution is 7.92. The molecule has 0 aliphatic rings. The first-order chi connectivity index (χ1) is 8.41. The second-order valence-electron chi connectivity index (χ2n) is 5.00. The zero-order valence-corrected chi connectivity index (χ0v) is 12.4. The first kappa shape index (κ1) is 15.2. The molecule has 0 aromatic heterocycles. The molecule has 3 nitrogen and oxygen atoms in total. The fraction of sp³-hybridized carbons (Fsp3) is 0.571. The van der Waals surface area contributed by atoms with Gasteiger partial charge in [-0.3, -0.25) is 0 Å². The van der Waals surface area contributed by atoms with Crippen molar-refractivity contribution in [1.29, 1.82) is 0 Å². The molecule has 0 radical (unpaired) electrons. The monoisotopic (exact) mass is 269 g/mol. The molecule has 0 spiro atoms. The number of benzene rings is 1. The molecule has 2 atom stereocenters. The summed E-state index contributed by atoms with van der Waals surface area (Å²) < 4.78 is 25.2. The topological polar surface area (TPSA) is 46.2 Å². The Morgan fingerprint density at radius 3 is 2.11 bits per heavy atom. The summed E-state index contributed by atoms with van der Waals surface area (Å²) in [5.41, 5.74) is 0.861. The average Bonchev–Trinajstić information content (AvgIpc) is 2.35. The third-order valence-electron chi connectivity index (χ3n) is 3.41. The Kier molecular flexibility index (Phi) is 5.35. The number of hydrogen-bond acceptors (Lipinski definition) is 3. The van der Waals surface area contributed by atoms with E-state index in [1.807, 2.05) is 44.2 Å². The molecular formula is C14H23NO2S. The summed E-state index contributed by atoms with van der Waals surface area (Å²) in [4.78, 5) is 0. The quantitative estimate of drug-likeness (QED) is 0.862. The number of hydrogen-bond donors (Lipinski definition) is 1. The van der Waals surface area contributed by atoms with Crippen LogP contribution in [0.15, 0.2) is 30.3 Å². The molecule has 0 saturated heterocycles. The van der Waals surface area contributed by atoms with Gasteiger partial charge in [0.1, 0.15) is 0 Å². The maximum absolute atomic E-state index is 12.6. The van der Waals surface area contributed by atoms with Crippen molar-refractivity contribution < 1.29 is 8.42 Å². The molecule has 0 aliphatic carbocycles. The number of sulfone groups is 1. The molecule has 102 valence electrons. The molecule has 0 heterocycles. The van der Waals surface area contributed by atoms with Crippen molar-refractivity contribution in [3.63, 3.8) is 0 Å². The van der Waals surface area contributed by atoms with E-state index >= 15 is 0 Å². The van der Waals surface area contributed by atoms with Gasteiger partial charge < -0.3 is 5.32 Å². The maximum Gasteiger partial charge on any atom is 0.161 e. The van der Waals surface area contributed by atoms with Crippen LogP contribution in [0.25, 0.3) is 0 Å². The lowest BCUT2D eigenvalue weighted by molar-refractivity contribution is 0.530. The SMILES string of the molecule is CNCC(c1ccccc1)S(=O)(=O)C(C)C(C)C. The Bertz CT molecular complexity index is 454. The number of likely N-dealkylation sites (N-methyl/N-ethyl adjacent to an activating group) is 1. The second kappa shape index (κ2) is 6.34. The molecule has 1 rings (SSSR count). The molecule has 0 amide bonds. The van der Waals surface area contributed by atoms with E-state index in [1.54, 1.807) is 14.0 Å². The maximum atomic E-state index is 12.6. The van der Waals surface area contributed by atoms with Crippen LogP contribution in [0.1, 0.15) is 31.6 Å². The molecule has 0 aliphatic heterocycles. The molecule has 1 aromatic carbocycles. The largest absolute Gasteiger partial charge is 0.318 e. The first-order valence-corrected chi connectivity index (χ1v) is 7.94. The van der Waals surface area contributed by atoms with Crippen molar-refractivity contribution in [3.8, 4) is 0 Å². The molecular weight excluding hydrogens is 246 g/mol. The Balaban J connectivity index is 3.14. The Labute approximate surface area is 111 Å². The van der Waals surface area contributed by atoms with Gasteiger partial charge in [0.05, 0.1) is 10.5 Å². The van der Waals surface area contributed by atoms with Crippen LogP contribution in [-0.2, 0) is 9.84 Å². The van der Waals surface area contributed by atoms with Crippen LogP contribution in [0.4, 0.5) is 0 Å². The van der Waals surface area contributed by atoms with Crippen LogP contribution < -0.4 is 5.32 Å². The minimum atomic E-state index is -3.18.